The molecular weight excluding hydrogens is 551 g/mol. The molecule has 8 nitrogen and oxygen atoms in total. The second kappa shape index (κ2) is 11.8. The van der Waals surface area contributed by atoms with E-state index in [9.17, 15) is 9.59 Å². The third-order valence-electron chi connectivity index (χ3n) is 6.78. The number of aliphatic imine (C=N–C) groups is 1. The Bertz CT molecular complexity index is 1440. The maximum absolute atomic E-state index is 14.4. The molecule has 1 fully saturated rings. The molecule has 10 heteroatoms. The van der Waals surface area contributed by atoms with Gasteiger partial charge in [0.05, 0.1) is 24.8 Å². The van der Waals surface area contributed by atoms with Gasteiger partial charge in [-0.2, -0.15) is 0 Å². The molecule has 0 aromatic heterocycles. The number of methoxy groups -OCH3 is 1. The van der Waals surface area contributed by atoms with E-state index in [1.54, 1.807) is 41.2 Å². The summed E-state index contributed by atoms with van der Waals surface area (Å²) in [7, 11) is 1.59. The van der Waals surface area contributed by atoms with Gasteiger partial charge in [-0.15, -0.1) is 0 Å². The Hall–Kier alpha value is -3.75. The van der Waals surface area contributed by atoms with Crippen LogP contribution in [0.25, 0.3) is 0 Å². The van der Waals surface area contributed by atoms with Crippen LogP contribution in [0, 0.1) is 0 Å². The lowest BCUT2D eigenvalue weighted by Crippen LogP contribution is -2.55. The van der Waals surface area contributed by atoms with E-state index in [1.807, 2.05) is 56.3 Å². The van der Waals surface area contributed by atoms with Crippen molar-refractivity contribution in [3.05, 3.63) is 93.5 Å². The third kappa shape index (κ3) is 5.74. The molecule has 0 radical (unpaired) electrons. The number of urea groups is 1. The van der Waals surface area contributed by atoms with Crippen LogP contribution in [0.5, 0.6) is 11.5 Å². The minimum absolute atomic E-state index is 0.0459. The summed E-state index contributed by atoms with van der Waals surface area (Å²) < 4.78 is 11.7. The van der Waals surface area contributed by atoms with Gasteiger partial charge in [-0.3, -0.25) is 14.7 Å². The van der Waals surface area contributed by atoms with E-state index in [0.29, 0.717) is 46.0 Å². The van der Waals surface area contributed by atoms with Crippen molar-refractivity contribution in [2.24, 2.45) is 4.99 Å². The highest BCUT2D eigenvalue weighted by Crippen LogP contribution is 2.46. The predicted molar refractivity (Wildman–Crippen MR) is 155 cm³/mol. The number of carbonyl (C=O) groups is 2. The number of hydrogen-bond donors (Lipinski definition) is 1. The summed E-state index contributed by atoms with van der Waals surface area (Å²) in [5.41, 5.74) is 2.31. The normalized spacial score (nSPS) is 18.9. The first kappa shape index (κ1) is 27.8. The minimum Gasteiger partial charge on any atom is -0.497 e. The molecule has 0 spiro atoms. The highest BCUT2D eigenvalue weighted by Gasteiger charge is 2.45. The molecule has 2 atom stereocenters. The zero-order valence-electron chi connectivity index (χ0n) is 22.4. The third-order valence-corrected chi connectivity index (χ3v) is 7.26. The van der Waals surface area contributed by atoms with E-state index in [2.05, 4.69) is 5.32 Å². The van der Waals surface area contributed by atoms with Crippen LogP contribution in [0.4, 0.5) is 4.79 Å². The van der Waals surface area contributed by atoms with Crippen molar-refractivity contribution in [2.75, 3.05) is 26.7 Å². The van der Waals surface area contributed by atoms with E-state index in [-0.39, 0.29) is 24.6 Å². The molecule has 1 saturated heterocycles. The highest BCUT2D eigenvalue weighted by atomic mass is 35.5. The molecule has 2 heterocycles. The van der Waals surface area contributed by atoms with Crippen molar-refractivity contribution >= 4 is 41.0 Å². The van der Waals surface area contributed by atoms with Crippen LogP contribution in [0.3, 0.4) is 0 Å². The molecule has 2 aliphatic heterocycles. The number of rotatable bonds is 6. The summed E-state index contributed by atoms with van der Waals surface area (Å²) in [6, 6.07) is 18.9. The largest absolute Gasteiger partial charge is 0.497 e. The number of piperazine rings is 1. The van der Waals surface area contributed by atoms with Gasteiger partial charge in [0.1, 0.15) is 29.9 Å². The second-order valence-corrected chi connectivity index (χ2v) is 10.8. The molecule has 40 heavy (non-hydrogen) atoms. The maximum atomic E-state index is 14.4. The van der Waals surface area contributed by atoms with Gasteiger partial charge in [0.2, 0.25) is 5.91 Å². The quantitative estimate of drug-likeness (QED) is 0.394. The number of amidine groups is 1. The Labute approximate surface area is 243 Å². The Morgan fingerprint density at radius 2 is 1.80 bits per heavy atom. The van der Waals surface area contributed by atoms with E-state index < -0.39 is 12.1 Å². The van der Waals surface area contributed by atoms with Crippen molar-refractivity contribution in [3.8, 4) is 11.5 Å². The monoisotopic (exact) mass is 580 g/mol. The standard InChI is InChI=1S/C30H30Cl2N4O4/c1-18(2)40-25-16-23(39-3)11-12-24(25)29-34-27(20-5-4-6-22(32)15-20)28(19-7-9-21(31)10-8-19)36(29)30(38)35-14-13-33-26(37)17-35/h4-12,15-16,18,27-28H,13-14,17H2,1-3H3,(H,33,37). The molecule has 3 amide bonds. The minimum atomic E-state index is -0.544. The number of amides is 3. The Kier molecular flexibility index (Phi) is 8.19. The van der Waals surface area contributed by atoms with Crippen molar-refractivity contribution < 1.29 is 19.1 Å². The van der Waals surface area contributed by atoms with Crippen LogP contribution >= 0.6 is 23.2 Å². The smallest absolute Gasteiger partial charge is 0.326 e. The summed E-state index contributed by atoms with van der Waals surface area (Å²) in [6.07, 6.45) is -0.140. The predicted octanol–water partition coefficient (Wildman–Crippen LogP) is 5.89. The van der Waals surface area contributed by atoms with Crippen molar-refractivity contribution in [1.29, 1.82) is 0 Å². The van der Waals surface area contributed by atoms with Gasteiger partial charge >= 0.3 is 6.03 Å². The lowest BCUT2D eigenvalue weighted by molar-refractivity contribution is -0.123. The number of benzene rings is 3. The molecule has 208 valence electrons. The topological polar surface area (TPSA) is 83.5 Å². The molecule has 0 saturated carbocycles. The number of hydrogen-bond acceptors (Lipinski definition) is 5. The number of halogens is 2. The Morgan fingerprint density at radius 1 is 1.02 bits per heavy atom. The Balaban J connectivity index is 1.72. The summed E-state index contributed by atoms with van der Waals surface area (Å²) in [5.74, 6) is 1.37. The number of carbonyl (C=O) groups excluding carboxylic acids is 2. The van der Waals surface area contributed by atoms with Gasteiger partial charge < -0.3 is 19.7 Å². The van der Waals surface area contributed by atoms with Gasteiger partial charge in [-0.1, -0.05) is 47.5 Å². The van der Waals surface area contributed by atoms with Gasteiger partial charge in [0.25, 0.3) is 0 Å². The summed E-state index contributed by atoms with van der Waals surface area (Å²) in [6.45, 7) is 4.57. The first-order valence-corrected chi connectivity index (χ1v) is 13.8. The van der Waals surface area contributed by atoms with Gasteiger partial charge in [-0.25, -0.2) is 4.79 Å². The van der Waals surface area contributed by atoms with E-state index in [0.717, 1.165) is 11.1 Å². The van der Waals surface area contributed by atoms with Crippen molar-refractivity contribution in [1.82, 2.24) is 15.1 Å². The van der Waals surface area contributed by atoms with Crippen molar-refractivity contribution in [3.63, 3.8) is 0 Å². The molecule has 2 unspecified atom stereocenters. The van der Waals surface area contributed by atoms with Crippen LogP contribution in [0.1, 0.15) is 42.6 Å². The van der Waals surface area contributed by atoms with Crippen LogP contribution < -0.4 is 14.8 Å². The lowest BCUT2D eigenvalue weighted by atomic mass is 9.93. The highest BCUT2D eigenvalue weighted by molar-refractivity contribution is 6.30. The first-order valence-electron chi connectivity index (χ1n) is 13.0. The maximum Gasteiger partial charge on any atom is 0.326 e. The molecule has 0 aliphatic carbocycles. The average Bonchev–Trinajstić information content (AvgIpc) is 3.33. The van der Waals surface area contributed by atoms with Crippen LogP contribution in [-0.4, -0.2) is 60.4 Å². The van der Waals surface area contributed by atoms with Gasteiger partial charge in [0.15, 0.2) is 0 Å². The van der Waals surface area contributed by atoms with E-state index in [1.165, 1.54) is 0 Å². The molecule has 3 aromatic carbocycles. The Morgan fingerprint density at radius 3 is 2.48 bits per heavy atom. The lowest BCUT2D eigenvalue weighted by Gasteiger charge is -2.36. The van der Waals surface area contributed by atoms with Crippen LogP contribution in [-0.2, 0) is 4.79 Å². The average molecular weight is 582 g/mol. The molecule has 2 aliphatic rings. The molecule has 3 aromatic rings. The zero-order chi connectivity index (χ0) is 28.4. The molecule has 0 bridgehead atoms. The summed E-state index contributed by atoms with van der Waals surface area (Å²) in [4.78, 5) is 35.0. The summed E-state index contributed by atoms with van der Waals surface area (Å²) >= 11 is 12.7. The van der Waals surface area contributed by atoms with Crippen LogP contribution in [0.15, 0.2) is 71.7 Å². The van der Waals surface area contributed by atoms with E-state index >= 15 is 0 Å². The fraction of sp³-hybridized carbons (Fsp3) is 0.300. The first-order chi connectivity index (χ1) is 19.2. The van der Waals surface area contributed by atoms with Crippen molar-refractivity contribution in [2.45, 2.75) is 32.0 Å². The zero-order valence-corrected chi connectivity index (χ0v) is 23.9. The van der Waals surface area contributed by atoms with Gasteiger partial charge in [-0.05, 0) is 61.4 Å². The van der Waals surface area contributed by atoms with Gasteiger partial charge in [0, 0.05) is 29.2 Å². The van der Waals surface area contributed by atoms with Crippen LogP contribution in [0.2, 0.25) is 10.0 Å². The number of ether oxygens (including phenoxy) is 2. The summed E-state index contributed by atoms with van der Waals surface area (Å²) in [5, 5.41) is 3.93. The molecule has 1 N–H and O–H groups in total. The second-order valence-electron chi connectivity index (χ2n) is 9.90. The SMILES string of the molecule is COc1ccc(C2=NC(c3cccc(Cl)c3)C(c3ccc(Cl)cc3)N2C(=O)N2CCNC(=O)C2)c(OC(C)C)c1. The fourth-order valence-electron chi connectivity index (χ4n) is 5.01. The molecule has 5 rings (SSSR count). The number of nitrogens with zero attached hydrogens (tertiary/aromatic N) is 3. The molecular formula is C30H30Cl2N4O4. The van der Waals surface area contributed by atoms with E-state index in [4.69, 9.17) is 37.7 Å². The fourth-order valence-corrected chi connectivity index (χ4v) is 5.33. The number of nitrogens with one attached hydrogen (secondary N) is 1.